The van der Waals surface area contributed by atoms with E-state index in [1.54, 1.807) is 12.1 Å². The predicted octanol–water partition coefficient (Wildman–Crippen LogP) is 3.77. The highest BCUT2D eigenvalue weighted by Crippen LogP contribution is 2.17. The summed E-state index contributed by atoms with van der Waals surface area (Å²) < 4.78 is 21.2. The minimum atomic E-state index is -0.419. The first kappa shape index (κ1) is 15.4. The van der Waals surface area contributed by atoms with Gasteiger partial charge in [0, 0.05) is 18.3 Å². The van der Waals surface area contributed by atoms with Gasteiger partial charge in [-0.1, -0.05) is 11.8 Å². The van der Waals surface area contributed by atoms with Crippen LogP contribution in [0.5, 0.6) is 5.75 Å². The van der Waals surface area contributed by atoms with Crippen LogP contribution in [0.25, 0.3) is 0 Å². The molecule has 0 aliphatic carbocycles. The number of rotatable bonds is 4. The molecule has 110 valence electrons. The molecule has 2 rings (SSSR count). The molecule has 1 heterocycles. The normalized spacial score (nSPS) is 10.3. The first-order chi connectivity index (χ1) is 10.1. The van der Waals surface area contributed by atoms with Crippen LogP contribution in [0.2, 0.25) is 0 Å². The summed E-state index contributed by atoms with van der Waals surface area (Å²) in [6, 6.07) is 6.77. The number of alkyl halides is 1. The topological polar surface area (TPSA) is 27.1 Å². The van der Waals surface area contributed by atoms with Gasteiger partial charge in [0.05, 0.1) is 17.1 Å². The molecule has 1 aromatic heterocycles. The fourth-order valence-electron chi connectivity index (χ4n) is 1.71. The summed E-state index contributed by atoms with van der Waals surface area (Å²) >= 11 is 5.45. The van der Waals surface area contributed by atoms with Crippen LogP contribution in [-0.4, -0.2) is 15.7 Å². The van der Waals surface area contributed by atoms with E-state index in [1.807, 2.05) is 30.8 Å². The van der Waals surface area contributed by atoms with E-state index < -0.39 is 5.82 Å². The maximum atomic E-state index is 13.8. The zero-order valence-electron chi connectivity index (χ0n) is 11.9. The Balaban J connectivity index is 2.01. The molecule has 3 nitrogen and oxygen atoms in total. The number of halogens is 2. The molecule has 0 spiro atoms. The summed E-state index contributed by atoms with van der Waals surface area (Å²) in [5, 5.41) is 4.37. The SMILES string of the molecule is CC(C)n1ccc(COc2ccc(C#CCCl)c(F)c2)n1. The molecule has 0 radical (unpaired) electrons. The van der Waals surface area contributed by atoms with Gasteiger partial charge in [-0.15, -0.1) is 11.6 Å². The van der Waals surface area contributed by atoms with Crippen LogP contribution in [0.15, 0.2) is 30.5 Å². The first-order valence-electron chi connectivity index (χ1n) is 6.61. The molecule has 0 atom stereocenters. The molecule has 2 aromatic rings. The fraction of sp³-hybridized carbons (Fsp3) is 0.312. The van der Waals surface area contributed by atoms with Gasteiger partial charge < -0.3 is 4.74 Å². The van der Waals surface area contributed by atoms with Crippen LogP contribution in [0, 0.1) is 17.7 Å². The molecular formula is C16H16ClFN2O. The van der Waals surface area contributed by atoms with Gasteiger partial charge in [0.25, 0.3) is 0 Å². The van der Waals surface area contributed by atoms with E-state index in [4.69, 9.17) is 16.3 Å². The van der Waals surface area contributed by atoms with Crippen molar-refractivity contribution in [1.82, 2.24) is 9.78 Å². The van der Waals surface area contributed by atoms with Gasteiger partial charge in [-0.3, -0.25) is 4.68 Å². The molecule has 0 N–H and O–H groups in total. The summed E-state index contributed by atoms with van der Waals surface area (Å²) in [5.41, 5.74) is 1.11. The van der Waals surface area contributed by atoms with Crippen molar-refractivity contribution >= 4 is 11.6 Å². The van der Waals surface area contributed by atoms with Crippen molar-refractivity contribution in [3.8, 4) is 17.6 Å². The first-order valence-corrected chi connectivity index (χ1v) is 7.15. The fourth-order valence-corrected chi connectivity index (χ4v) is 1.78. The van der Waals surface area contributed by atoms with Crippen LogP contribution < -0.4 is 4.74 Å². The van der Waals surface area contributed by atoms with Crippen molar-refractivity contribution in [2.45, 2.75) is 26.5 Å². The van der Waals surface area contributed by atoms with Crippen molar-refractivity contribution in [1.29, 1.82) is 0 Å². The molecule has 5 heteroatoms. The number of benzene rings is 1. The second-order valence-electron chi connectivity index (χ2n) is 4.75. The number of hydrogen-bond donors (Lipinski definition) is 0. The highest BCUT2D eigenvalue weighted by atomic mass is 35.5. The highest BCUT2D eigenvalue weighted by Gasteiger charge is 2.05. The maximum absolute atomic E-state index is 13.8. The molecule has 0 aliphatic heterocycles. The number of aromatic nitrogens is 2. The van der Waals surface area contributed by atoms with Crippen molar-refractivity contribution in [3.05, 3.63) is 47.5 Å². The van der Waals surface area contributed by atoms with E-state index >= 15 is 0 Å². The average molecular weight is 307 g/mol. The van der Waals surface area contributed by atoms with Gasteiger partial charge in [-0.2, -0.15) is 5.10 Å². The lowest BCUT2D eigenvalue weighted by Crippen LogP contribution is -2.03. The molecular weight excluding hydrogens is 291 g/mol. The minimum Gasteiger partial charge on any atom is -0.487 e. The predicted molar refractivity (Wildman–Crippen MR) is 80.9 cm³/mol. The molecule has 21 heavy (non-hydrogen) atoms. The lowest BCUT2D eigenvalue weighted by molar-refractivity contribution is 0.297. The lowest BCUT2D eigenvalue weighted by atomic mass is 10.2. The second kappa shape index (κ2) is 7.14. The smallest absolute Gasteiger partial charge is 0.142 e. The minimum absolute atomic E-state index is 0.177. The van der Waals surface area contributed by atoms with Gasteiger partial charge in [0.1, 0.15) is 18.2 Å². The standard InChI is InChI=1S/C16H16ClFN2O/c1-12(2)20-9-7-14(19-20)11-21-15-6-5-13(4-3-8-17)16(18)10-15/h5-7,9-10,12H,8,11H2,1-2H3. The van der Waals surface area contributed by atoms with Gasteiger partial charge in [0.2, 0.25) is 0 Å². The summed E-state index contributed by atoms with van der Waals surface area (Å²) in [7, 11) is 0. The van der Waals surface area contributed by atoms with E-state index in [1.165, 1.54) is 6.07 Å². The zero-order valence-corrected chi connectivity index (χ0v) is 12.7. The van der Waals surface area contributed by atoms with Gasteiger partial charge in [0.15, 0.2) is 0 Å². The largest absolute Gasteiger partial charge is 0.487 e. The van der Waals surface area contributed by atoms with E-state index in [-0.39, 0.29) is 5.88 Å². The van der Waals surface area contributed by atoms with Crippen LogP contribution in [0.1, 0.15) is 31.1 Å². The molecule has 0 saturated carbocycles. The number of nitrogens with zero attached hydrogens (tertiary/aromatic N) is 2. The van der Waals surface area contributed by atoms with Crippen LogP contribution in [-0.2, 0) is 6.61 Å². The Morgan fingerprint density at radius 1 is 1.38 bits per heavy atom. The van der Waals surface area contributed by atoms with Crippen LogP contribution >= 0.6 is 11.6 Å². The van der Waals surface area contributed by atoms with Crippen molar-refractivity contribution in [3.63, 3.8) is 0 Å². The quantitative estimate of drug-likeness (QED) is 0.635. The van der Waals surface area contributed by atoms with Gasteiger partial charge in [-0.25, -0.2) is 4.39 Å². The zero-order chi connectivity index (χ0) is 15.2. The Morgan fingerprint density at radius 2 is 2.19 bits per heavy atom. The van der Waals surface area contributed by atoms with E-state index in [9.17, 15) is 4.39 Å². The summed E-state index contributed by atoms with van der Waals surface area (Å²) in [6.45, 7) is 4.40. The van der Waals surface area contributed by atoms with Crippen molar-refractivity contribution in [2.24, 2.45) is 0 Å². The molecule has 0 saturated heterocycles. The Morgan fingerprint density at radius 3 is 2.81 bits per heavy atom. The Kier molecular flexibility index (Phi) is 5.24. The summed E-state index contributed by atoms with van der Waals surface area (Å²) in [5.74, 6) is 5.47. The average Bonchev–Trinajstić information content (AvgIpc) is 2.93. The van der Waals surface area contributed by atoms with E-state index in [2.05, 4.69) is 16.9 Å². The third kappa shape index (κ3) is 4.24. The molecule has 0 bridgehead atoms. The van der Waals surface area contributed by atoms with Crippen molar-refractivity contribution in [2.75, 3.05) is 5.88 Å². The second-order valence-corrected chi connectivity index (χ2v) is 5.01. The highest BCUT2D eigenvalue weighted by molar-refractivity contribution is 6.19. The molecule has 0 unspecified atom stereocenters. The van der Waals surface area contributed by atoms with E-state index in [0.29, 0.717) is 24.0 Å². The lowest BCUT2D eigenvalue weighted by Gasteiger charge is -2.06. The summed E-state index contributed by atoms with van der Waals surface area (Å²) in [4.78, 5) is 0. The van der Waals surface area contributed by atoms with Crippen LogP contribution in [0.4, 0.5) is 4.39 Å². The molecule has 0 amide bonds. The third-order valence-electron chi connectivity index (χ3n) is 2.81. The van der Waals surface area contributed by atoms with Crippen molar-refractivity contribution < 1.29 is 9.13 Å². The third-order valence-corrected chi connectivity index (χ3v) is 2.94. The Labute approximate surface area is 128 Å². The molecule has 0 aliphatic rings. The van der Waals surface area contributed by atoms with E-state index in [0.717, 1.165) is 5.69 Å². The number of ether oxygens (including phenoxy) is 1. The van der Waals surface area contributed by atoms with Crippen LogP contribution in [0.3, 0.4) is 0 Å². The van der Waals surface area contributed by atoms with Gasteiger partial charge in [-0.05, 0) is 32.0 Å². The van der Waals surface area contributed by atoms with Gasteiger partial charge >= 0.3 is 0 Å². The number of hydrogen-bond acceptors (Lipinski definition) is 2. The monoisotopic (exact) mass is 306 g/mol. The molecule has 0 fully saturated rings. The maximum Gasteiger partial charge on any atom is 0.142 e. The Bertz CT molecular complexity index is 670. The Hall–Kier alpha value is -1.99. The summed E-state index contributed by atoms with van der Waals surface area (Å²) in [6.07, 6.45) is 1.90. The molecule has 1 aromatic carbocycles.